The fraction of sp³-hybridized carbons (Fsp3) is 0.474. The number of guanidine groups is 2. The van der Waals surface area contributed by atoms with Gasteiger partial charge in [0.1, 0.15) is 10.5 Å². The van der Waals surface area contributed by atoms with Crippen LogP contribution in [-0.4, -0.2) is 62.7 Å². The Morgan fingerprint density at radius 1 is 1.06 bits per heavy atom. The van der Waals surface area contributed by atoms with Crippen LogP contribution in [0, 0.1) is 10.8 Å². The van der Waals surface area contributed by atoms with Gasteiger partial charge in [-0.2, -0.15) is 4.72 Å². The zero-order valence-electron chi connectivity index (χ0n) is 19.7. The van der Waals surface area contributed by atoms with Gasteiger partial charge in [0.05, 0.1) is 13.2 Å². The minimum atomic E-state index is -4.58. The third-order valence-corrected chi connectivity index (χ3v) is 8.61. The summed E-state index contributed by atoms with van der Waals surface area (Å²) in [6.07, 6.45) is 0.426. The maximum atomic E-state index is 12.8. The summed E-state index contributed by atoms with van der Waals surface area (Å²) in [7, 11) is -8.76. The van der Waals surface area contributed by atoms with Crippen LogP contribution >= 0.6 is 18.9 Å². The summed E-state index contributed by atoms with van der Waals surface area (Å²) in [6.45, 7) is 3.18. The lowest BCUT2D eigenvalue weighted by atomic mass is 10.1. The fourth-order valence-corrected chi connectivity index (χ4v) is 7.08. The Hall–Kier alpha value is -2.62. The van der Waals surface area contributed by atoms with Crippen LogP contribution in [0.1, 0.15) is 25.3 Å². The number of thiophene rings is 1. The summed E-state index contributed by atoms with van der Waals surface area (Å²) in [5.74, 6) is 0.489. The van der Waals surface area contributed by atoms with Crippen LogP contribution in [0.15, 0.2) is 16.3 Å². The fourth-order valence-electron chi connectivity index (χ4n) is 3.10. The number of sulfonamides is 1. The van der Waals surface area contributed by atoms with E-state index in [9.17, 15) is 13.0 Å². The highest BCUT2D eigenvalue weighted by molar-refractivity contribution is 7.92. The molecule has 36 heavy (non-hydrogen) atoms. The number of hydrogen-bond donors (Lipinski definition) is 9. The molecule has 17 heteroatoms. The second kappa shape index (κ2) is 13.1. The summed E-state index contributed by atoms with van der Waals surface area (Å²) in [6, 6.07) is 3.36. The number of hydrogen-bond acceptors (Lipinski definition) is 8. The first-order valence-electron chi connectivity index (χ1n) is 10.9. The summed E-state index contributed by atoms with van der Waals surface area (Å²) >= 11 is 0.968. The Kier molecular flexibility index (Phi) is 10.8. The molecule has 0 aliphatic heterocycles. The second-order valence-electron chi connectivity index (χ2n) is 7.57. The van der Waals surface area contributed by atoms with E-state index in [4.69, 9.17) is 41.5 Å². The molecule has 0 amide bonds. The zero-order valence-corrected chi connectivity index (χ0v) is 22.2. The van der Waals surface area contributed by atoms with Crippen LogP contribution in [0.25, 0.3) is 10.1 Å². The molecule has 0 fully saturated rings. The van der Waals surface area contributed by atoms with Crippen molar-refractivity contribution in [3.63, 3.8) is 0 Å². The van der Waals surface area contributed by atoms with Gasteiger partial charge in [-0.1, -0.05) is 6.92 Å². The average Bonchev–Trinajstić information content (AvgIpc) is 3.14. The minimum absolute atomic E-state index is 0.0344. The van der Waals surface area contributed by atoms with Crippen molar-refractivity contribution < 1.29 is 32.2 Å². The highest BCUT2D eigenvalue weighted by Crippen LogP contribution is 2.42. The molecular formula is C19H32N7O7PS2. The highest BCUT2D eigenvalue weighted by atomic mass is 32.2. The molecule has 1 aromatic carbocycles. The first-order chi connectivity index (χ1) is 16.8. The van der Waals surface area contributed by atoms with Crippen LogP contribution in [0.3, 0.4) is 0 Å². The molecule has 2 aromatic rings. The van der Waals surface area contributed by atoms with Crippen LogP contribution in [-0.2, 0) is 21.0 Å². The van der Waals surface area contributed by atoms with E-state index in [1.165, 1.54) is 0 Å². The van der Waals surface area contributed by atoms with Gasteiger partial charge in [-0.25, -0.2) is 8.42 Å². The SMILES string of the molecule is CCc1c(S(=O)(=O)NCP(=O)(O)O)sc2cc(OCCCNC(=N)N)c(OCCCNC(=N)N)cc12. The van der Waals surface area contributed by atoms with Gasteiger partial charge in [0.2, 0.25) is 0 Å². The monoisotopic (exact) mass is 565 g/mol. The van der Waals surface area contributed by atoms with E-state index in [0.29, 0.717) is 59.5 Å². The summed E-state index contributed by atoms with van der Waals surface area (Å²) in [4.78, 5) is 18.2. The number of ether oxygens (including phenoxy) is 2. The third-order valence-electron chi connectivity index (χ3n) is 4.67. The van der Waals surface area contributed by atoms with Gasteiger partial charge in [0, 0.05) is 29.2 Å². The molecule has 11 N–H and O–H groups in total. The van der Waals surface area contributed by atoms with Crippen LogP contribution in [0.4, 0.5) is 0 Å². The molecule has 2 rings (SSSR count). The molecule has 1 aromatic heterocycles. The van der Waals surface area contributed by atoms with Crippen molar-refractivity contribution >= 4 is 51.0 Å². The standard InChI is InChI=1S/C19H32N7O7PS2/c1-2-12-13-9-14(32-7-3-5-24-18(20)21)15(33-8-4-6-25-19(22)23)10-16(13)35-17(12)36(30,31)26-11-34(27,28)29/h9-10,26H,2-8,11H2,1H3,(H4,20,21,24)(H4,22,23,25)(H2,27,28,29). The number of benzene rings is 1. The lowest BCUT2D eigenvalue weighted by Gasteiger charge is -2.14. The van der Waals surface area contributed by atoms with Crippen molar-refractivity contribution in [1.82, 2.24) is 15.4 Å². The molecule has 0 aliphatic carbocycles. The van der Waals surface area contributed by atoms with Crippen LogP contribution < -0.4 is 36.3 Å². The Labute approximate surface area is 213 Å². The van der Waals surface area contributed by atoms with Crippen molar-refractivity contribution in [2.24, 2.45) is 11.5 Å². The van der Waals surface area contributed by atoms with Gasteiger partial charge < -0.3 is 41.4 Å². The van der Waals surface area contributed by atoms with E-state index in [1.54, 1.807) is 19.1 Å². The third kappa shape index (κ3) is 9.11. The van der Waals surface area contributed by atoms with Gasteiger partial charge >= 0.3 is 7.60 Å². The van der Waals surface area contributed by atoms with Gasteiger partial charge in [-0.3, -0.25) is 15.4 Å². The van der Waals surface area contributed by atoms with Crippen LogP contribution in [0.5, 0.6) is 11.5 Å². The van der Waals surface area contributed by atoms with E-state index in [2.05, 4.69) is 10.6 Å². The van der Waals surface area contributed by atoms with E-state index in [1.807, 2.05) is 4.72 Å². The zero-order chi connectivity index (χ0) is 26.9. The lowest BCUT2D eigenvalue weighted by molar-refractivity contribution is 0.264. The molecule has 202 valence electrons. The number of fused-ring (bicyclic) bond motifs is 1. The molecule has 14 nitrogen and oxygen atoms in total. The predicted octanol–water partition coefficient (Wildman–Crippen LogP) is 0.381. The topological polar surface area (TPSA) is 246 Å². The Morgan fingerprint density at radius 2 is 1.58 bits per heavy atom. The number of nitrogens with two attached hydrogens (primary N) is 2. The van der Waals surface area contributed by atoms with Gasteiger partial charge in [-0.15, -0.1) is 11.3 Å². The Morgan fingerprint density at radius 3 is 2.06 bits per heavy atom. The maximum absolute atomic E-state index is 12.8. The number of rotatable bonds is 15. The molecule has 0 radical (unpaired) electrons. The van der Waals surface area contributed by atoms with Crippen molar-refractivity contribution in [3.8, 4) is 11.5 Å². The van der Waals surface area contributed by atoms with Crippen molar-refractivity contribution in [2.75, 3.05) is 32.6 Å². The normalized spacial score (nSPS) is 11.9. The van der Waals surface area contributed by atoms with Gasteiger partial charge in [0.25, 0.3) is 10.0 Å². The smallest absolute Gasteiger partial charge is 0.340 e. The lowest BCUT2D eigenvalue weighted by Crippen LogP contribution is -2.31. The van der Waals surface area contributed by atoms with Crippen molar-refractivity contribution in [1.29, 1.82) is 10.8 Å². The highest BCUT2D eigenvalue weighted by Gasteiger charge is 2.27. The molecule has 0 aliphatic rings. The van der Waals surface area contributed by atoms with Crippen LogP contribution in [0.2, 0.25) is 0 Å². The van der Waals surface area contributed by atoms with Gasteiger partial charge in [-0.05, 0) is 30.9 Å². The maximum Gasteiger partial charge on any atom is 0.340 e. The molecule has 0 bridgehead atoms. The molecule has 0 atom stereocenters. The van der Waals surface area contributed by atoms with E-state index < -0.39 is 23.9 Å². The Bertz CT molecular complexity index is 1230. The van der Waals surface area contributed by atoms with Crippen molar-refractivity contribution in [3.05, 3.63) is 17.7 Å². The second-order valence-corrected chi connectivity index (χ2v) is 12.2. The minimum Gasteiger partial charge on any atom is -0.490 e. The van der Waals surface area contributed by atoms with E-state index in [-0.39, 0.29) is 29.3 Å². The summed E-state index contributed by atoms with van der Waals surface area (Å²) < 4.78 is 51.2. The van der Waals surface area contributed by atoms with E-state index in [0.717, 1.165) is 11.3 Å². The summed E-state index contributed by atoms with van der Waals surface area (Å²) in [5.41, 5.74) is 11.0. The molecule has 0 saturated carbocycles. The first-order valence-corrected chi connectivity index (χ1v) is 15.0. The number of aryl methyl sites for hydroxylation is 1. The average molecular weight is 566 g/mol. The number of nitrogens with one attached hydrogen (secondary N) is 5. The molecule has 0 spiro atoms. The Balaban J connectivity index is 2.35. The molecular weight excluding hydrogens is 533 g/mol. The largest absolute Gasteiger partial charge is 0.490 e. The van der Waals surface area contributed by atoms with Gasteiger partial charge in [0.15, 0.2) is 23.4 Å². The first kappa shape index (κ1) is 29.6. The summed E-state index contributed by atoms with van der Waals surface area (Å²) in [5, 5.41) is 20.4. The molecule has 0 saturated heterocycles. The molecule has 0 unspecified atom stereocenters. The van der Waals surface area contributed by atoms with Crippen molar-refractivity contribution in [2.45, 2.75) is 30.4 Å². The predicted molar refractivity (Wildman–Crippen MR) is 138 cm³/mol. The molecule has 1 heterocycles. The van der Waals surface area contributed by atoms with E-state index >= 15 is 0 Å². The quantitative estimate of drug-likeness (QED) is 0.0618.